The molecule has 0 heterocycles. The predicted octanol–water partition coefficient (Wildman–Crippen LogP) is 0.199. The highest BCUT2D eigenvalue weighted by atomic mass is 16.3. The molecule has 0 fully saturated rings. The van der Waals surface area contributed by atoms with Crippen LogP contribution in [0.1, 0.15) is 27.7 Å². The Morgan fingerprint density at radius 2 is 1.93 bits per heavy atom. The Labute approximate surface area is 86.1 Å². The van der Waals surface area contributed by atoms with Gasteiger partial charge in [-0.2, -0.15) is 0 Å². The molecule has 0 aliphatic carbocycles. The van der Waals surface area contributed by atoms with E-state index in [1.807, 2.05) is 20.8 Å². The van der Waals surface area contributed by atoms with Crippen molar-refractivity contribution in [3.05, 3.63) is 0 Å². The van der Waals surface area contributed by atoms with Crippen molar-refractivity contribution in [3.63, 3.8) is 0 Å². The SMILES string of the molecule is CC(CO)N(C)C(=O)[C@@H](N)C(C)(C)C. The van der Waals surface area contributed by atoms with Crippen LogP contribution in [0.4, 0.5) is 0 Å². The number of likely N-dealkylation sites (N-methyl/N-ethyl adjacent to an activating group) is 1. The number of carbonyl (C=O) groups excluding carboxylic acids is 1. The molecule has 2 atom stereocenters. The Bertz CT molecular complexity index is 199. The van der Waals surface area contributed by atoms with Crippen molar-refractivity contribution in [2.75, 3.05) is 13.7 Å². The van der Waals surface area contributed by atoms with Gasteiger partial charge in [-0.25, -0.2) is 0 Å². The van der Waals surface area contributed by atoms with Gasteiger partial charge in [-0.1, -0.05) is 20.8 Å². The average Bonchev–Trinajstić information content (AvgIpc) is 2.11. The molecule has 1 unspecified atom stereocenters. The monoisotopic (exact) mass is 202 g/mol. The summed E-state index contributed by atoms with van der Waals surface area (Å²) < 4.78 is 0. The smallest absolute Gasteiger partial charge is 0.240 e. The van der Waals surface area contributed by atoms with Gasteiger partial charge in [0, 0.05) is 7.05 Å². The van der Waals surface area contributed by atoms with Crippen molar-refractivity contribution in [3.8, 4) is 0 Å². The summed E-state index contributed by atoms with van der Waals surface area (Å²) in [4.78, 5) is 13.3. The van der Waals surface area contributed by atoms with Crippen LogP contribution in [0.5, 0.6) is 0 Å². The molecule has 0 aromatic rings. The fourth-order valence-electron chi connectivity index (χ4n) is 0.929. The molecule has 0 aliphatic rings. The Kier molecular flexibility index (Phi) is 4.55. The van der Waals surface area contributed by atoms with E-state index in [0.717, 1.165) is 0 Å². The summed E-state index contributed by atoms with van der Waals surface area (Å²) >= 11 is 0. The topological polar surface area (TPSA) is 66.6 Å². The number of nitrogens with two attached hydrogens (primary N) is 1. The molecular formula is C10H22N2O2. The van der Waals surface area contributed by atoms with Crippen LogP contribution in [0.3, 0.4) is 0 Å². The summed E-state index contributed by atoms with van der Waals surface area (Å²) in [6.07, 6.45) is 0. The standard InChI is InChI=1S/C10H22N2O2/c1-7(6-13)12(5)9(14)8(11)10(2,3)4/h7-8,13H,6,11H2,1-5H3/t7?,8-/m1/s1. The average molecular weight is 202 g/mol. The van der Waals surface area contributed by atoms with Crippen molar-refractivity contribution in [2.24, 2.45) is 11.1 Å². The zero-order valence-corrected chi connectivity index (χ0v) is 9.74. The van der Waals surface area contributed by atoms with Gasteiger partial charge in [-0.3, -0.25) is 4.79 Å². The number of aliphatic hydroxyl groups is 1. The molecular weight excluding hydrogens is 180 g/mol. The van der Waals surface area contributed by atoms with Gasteiger partial charge in [-0.05, 0) is 12.3 Å². The number of hydrogen-bond acceptors (Lipinski definition) is 3. The van der Waals surface area contributed by atoms with Crippen LogP contribution in [0.15, 0.2) is 0 Å². The first-order chi connectivity index (χ1) is 6.21. The second-order valence-electron chi connectivity index (χ2n) is 4.82. The van der Waals surface area contributed by atoms with Crippen LogP contribution in [0.2, 0.25) is 0 Å². The fourth-order valence-corrected chi connectivity index (χ4v) is 0.929. The number of amides is 1. The second-order valence-corrected chi connectivity index (χ2v) is 4.82. The van der Waals surface area contributed by atoms with Crippen LogP contribution >= 0.6 is 0 Å². The zero-order chi connectivity index (χ0) is 11.5. The van der Waals surface area contributed by atoms with Gasteiger partial charge in [0.05, 0.1) is 18.7 Å². The largest absolute Gasteiger partial charge is 0.394 e. The lowest BCUT2D eigenvalue weighted by molar-refractivity contribution is -0.136. The van der Waals surface area contributed by atoms with Crippen molar-refractivity contribution < 1.29 is 9.90 Å². The van der Waals surface area contributed by atoms with E-state index < -0.39 is 6.04 Å². The lowest BCUT2D eigenvalue weighted by Gasteiger charge is -2.32. The van der Waals surface area contributed by atoms with Gasteiger partial charge in [0.1, 0.15) is 0 Å². The van der Waals surface area contributed by atoms with Gasteiger partial charge >= 0.3 is 0 Å². The molecule has 0 saturated heterocycles. The molecule has 4 heteroatoms. The van der Waals surface area contributed by atoms with E-state index in [2.05, 4.69) is 0 Å². The number of rotatable bonds is 3. The number of carbonyl (C=O) groups is 1. The molecule has 14 heavy (non-hydrogen) atoms. The van der Waals surface area contributed by atoms with Gasteiger partial charge in [0.25, 0.3) is 0 Å². The summed E-state index contributed by atoms with van der Waals surface area (Å²) in [5.74, 6) is -0.126. The first-order valence-electron chi connectivity index (χ1n) is 4.85. The first-order valence-corrected chi connectivity index (χ1v) is 4.85. The minimum atomic E-state index is -0.526. The maximum absolute atomic E-state index is 11.8. The van der Waals surface area contributed by atoms with Gasteiger partial charge in [-0.15, -0.1) is 0 Å². The Morgan fingerprint density at radius 3 is 2.21 bits per heavy atom. The van der Waals surface area contributed by atoms with E-state index in [4.69, 9.17) is 10.8 Å². The molecule has 1 amide bonds. The van der Waals surface area contributed by atoms with Crippen molar-refractivity contribution >= 4 is 5.91 Å². The van der Waals surface area contributed by atoms with Crippen LogP contribution in [-0.2, 0) is 4.79 Å². The van der Waals surface area contributed by atoms with Crippen LogP contribution < -0.4 is 5.73 Å². The number of nitrogens with zero attached hydrogens (tertiary/aromatic N) is 1. The molecule has 0 saturated carbocycles. The van der Waals surface area contributed by atoms with Gasteiger partial charge < -0.3 is 15.7 Å². The van der Waals surface area contributed by atoms with Gasteiger partial charge in [0.15, 0.2) is 0 Å². The Morgan fingerprint density at radius 1 is 1.50 bits per heavy atom. The maximum atomic E-state index is 11.8. The molecule has 0 aliphatic heterocycles. The summed E-state index contributed by atoms with van der Waals surface area (Å²) in [6.45, 7) is 7.51. The highest BCUT2D eigenvalue weighted by molar-refractivity contribution is 5.82. The lowest BCUT2D eigenvalue weighted by Crippen LogP contribution is -2.52. The number of hydrogen-bond donors (Lipinski definition) is 2. The van der Waals surface area contributed by atoms with Crippen molar-refractivity contribution in [1.29, 1.82) is 0 Å². The Hall–Kier alpha value is -0.610. The van der Waals surface area contributed by atoms with Crippen LogP contribution in [0, 0.1) is 5.41 Å². The molecule has 0 bridgehead atoms. The minimum absolute atomic E-state index is 0.0426. The van der Waals surface area contributed by atoms with Crippen LogP contribution in [-0.4, -0.2) is 41.7 Å². The molecule has 0 rings (SSSR count). The third-order valence-electron chi connectivity index (χ3n) is 2.47. The van der Waals surface area contributed by atoms with E-state index in [-0.39, 0.29) is 24.0 Å². The Balaban J connectivity index is 4.47. The summed E-state index contributed by atoms with van der Waals surface area (Å²) in [7, 11) is 1.66. The second kappa shape index (κ2) is 4.75. The number of aliphatic hydroxyl groups excluding tert-OH is 1. The normalized spacial score (nSPS) is 16.2. The summed E-state index contributed by atoms with van der Waals surface area (Å²) in [5.41, 5.74) is 5.57. The van der Waals surface area contributed by atoms with Crippen molar-refractivity contribution in [1.82, 2.24) is 4.90 Å². The molecule has 0 aromatic heterocycles. The van der Waals surface area contributed by atoms with E-state index >= 15 is 0 Å². The van der Waals surface area contributed by atoms with Crippen LogP contribution in [0.25, 0.3) is 0 Å². The third kappa shape index (κ3) is 3.27. The highest BCUT2D eigenvalue weighted by Gasteiger charge is 2.30. The molecule has 0 aromatic carbocycles. The van der Waals surface area contributed by atoms with E-state index in [0.29, 0.717) is 0 Å². The predicted molar refractivity (Wildman–Crippen MR) is 56.7 cm³/mol. The third-order valence-corrected chi connectivity index (χ3v) is 2.47. The fraction of sp³-hybridized carbons (Fsp3) is 0.900. The van der Waals surface area contributed by atoms with Crippen molar-refractivity contribution in [2.45, 2.75) is 39.8 Å². The van der Waals surface area contributed by atoms with E-state index in [9.17, 15) is 4.79 Å². The lowest BCUT2D eigenvalue weighted by atomic mass is 9.86. The highest BCUT2D eigenvalue weighted by Crippen LogP contribution is 2.19. The van der Waals surface area contributed by atoms with E-state index in [1.54, 1.807) is 14.0 Å². The first kappa shape index (κ1) is 13.4. The maximum Gasteiger partial charge on any atom is 0.240 e. The zero-order valence-electron chi connectivity index (χ0n) is 9.74. The molecule has 4 nitrogen and oxygen atoms in total. The molecule has 84 valence electrons. The molecule has 0 spiro atoms. The summed E-state index contributed by atoms with van der Waals surface area (Å²) in [5, 5.41) is 8.90. The quantitative estimate of drug-likeness (QED) is 0.687. The molecule has 0 radical (unpaired) electrons. The minimum Gasteiger partial charge on any atom is -0.394 e. The summed E-state index contributed by atoms with van der Waals surface area (Å²) in [6, 6.07) is -0.711. The molecule has 3 N–H and O–H groups in total. The van der Waals surface area contributed by atoms with Gasteiger partial charge in [0.2, 0.25) is 5.91 Å². The van der Waals surface area contributed by atoms with E-state index in [1.165, 1.54) is 4.90 Å².